The van der Waals surface area contributed by atoms with Crippen LogP contribution in [-0.4, -0.2) is 34.9 Å². The van der Waals surface area contributed by atoms with Crippen LogP contribution in [0.1, 0.15) is 17.7 Å². The molecule has 3 rings (SSSR count). The van der Waals surface area contributed by atoms with Crippen molar-refractivity contribution in [2.75, 3.05) is 18.4 Å². The number of rotatable bonds is 5. The molecule has 3 heterocycles. The van der Waals surface area contributed by atoms with Crippen molar-refractivity contribution in [3.63, 3.8) is 0 Å². The number of aryl methyl sites for hydroxylation is 1. The van der Waals surface area contributed by atoms with Gasteiger partial charge in [0.15, 0.2) is 0 Å². The van der Waals surface area contributed by atoms with Crippen LogP contribution in [-0.2, 0) is 16.1 Å². The molecule has 0 aromatic carbocycles. The number of amides is 2. The maximum absolute atomic E-state index is 12.5. The smallest absolute Gasteiger partial charge is 0.228 e. The van der Waals surface area contributed by atoms with Crippen molar-refractivity contribution in [2.45, 2.75) is 19.9 Å². The predicted octanol–water partition coefficient (Wildman–Crippen LogP) is 1.27. The van der Waals surface area contributed by atoms with Gasteiger partial charge in [0, 0.05) is 37.7 Å². The maximum Gasteiger partial charge on any atom is 0.228 e. The molecule has 2 aromatic heterocycles. The van der Waals surface area contributed by atoms with Crippen LogP contribution < -0.4 is 16.0 Å². The molecule has 0 saturated carbocycles. The number of hydrogen-bond acceptors (Lipinski definition) is 5. The number of aromatic nitrogens is 2. The zero-order valence-electron chi connectivity index (χ0n) is 14.7. The Balaban J connectivity index is 1.52. The first kappa shape index (κ1) is 18.0. The van der Waals surface area contributed by atoms with Gasteiger partial charge < -0.3 is 16.0 Å². The zero-order chi connectivity index (χ0) is 18.4. The lowest BCUT2D eigenvalue weighted by atomic mass is 9.89. The van der Waals surface area contributed by atoms with Crippen molar-refractivity contribution >= 4 is 17.5 Å². The summed E-state index contributed by atoms with van der Waals surface area (Å²) in [7, 11) is 0. The van der Waals surface area contributed by atoms with Gasteiger partial charge in [-0.2, -0.15) is 0 Å². The summed E-state index contributed by atoms with van der Waals surface area (Å²) < 4.78 is 0. The minimum Gasteiger partial charge on any atom is -0.352 e. The number of hydrogen-bond donors (Lipinski definition) is 3. The van der Waals surface area contributed by atoms with Gasteiger partial charge in [0.2, 0.25) is 11.8 Å². The SMILES string of the molecule is Cc1ccc(NC(=O)[C@@H]2CNC[C@H](C(=O)NCc3cccnc3)C2)cn1. The van der Waals surface area contributed by atoms with Crippen LogP contribution in [0, 0.1) is 18.8 Å². The molecule has 1 fully saturated rings. The zero-order valence-corrected chi connectivity index (χ0v) is 14.7. The first-order valence-electron chi connectivity index (χ1n) is 8.72. The third-order valence-corrected chi connectivity index (χ3v) is 4.46. The first-order chi connectivity index (χ1) is 12.6. The Kier molecular flexibility index (Phi) is 5.91. The summed E-state index contributed by atoms with van der Waals surface area (Å²) >= 11 is 0. The van der Waals surface area contributed by atoms with Crippen molar-refractivity contribution in [3.8, 4) is 0 Å². The van der Waals surface area contributed by atoms with Crippen LogP contribution in [0.4, 0.5) is 5.69 Å². The van der Waals surface area contributed by atoms with Gasteiger partial charge in [-0.25, -0.2) is 0 Å². The number of pyridine rings is 2. The Morgan fingerprint density at radius 1 is 1.15 bits per heavy atom. The normalized spacial score (nSPS) is 19.6. The highest BCUT2D eigenvalue weighted by Crippen LogP contribution is 2.19. The molecule has 1 aliphatic rings. The molecule has 136 valence electrons. The van der Waals surface area contributed by atoms with Crippen LogP contribution in [0.15, 0.2) is 42.9 Å². The van der Waals surface area contributed by atoms with Crippen molar-refractivity contribution in [1.29, 1.82) is 0 Å². The van der Waals surface area contributed by atoms with E-state index in [2.05, 4.69) is 25.9 Å². The van der Waals surface area contributed by atoms with E-state index < -0.39 is 0 Å². The molecule has 0 spiro atoms. The Morgan fingerprint density at radius 2 is 1.96 bits per heavy atom. The van der Waals surface area contributed by atoms with Crippen LogP contribution in [0.5, 0.6) is 0 Å². The Hall–Kier alpha value is -2.80. The van der Waals surface area contributed by atoms with Crippen molar-refractivity contribution in [1.82, 2.24) is 20.6 Å². The summed E-state index contributed by atoms with van der Waals surface area (Å²) in [5.41, 5.74) is 2.52. The van der Waals surface area contributed by atoms with E-state index in [1.54, 1.807) is 18.6 Å². The van der Waals surface area contributed by atoms with Gasteiger partial charge in [0.25, 0.3) is 0 Å². The number of nitrogens with zero attached hydrogens (tertiary/aromatic N) is 2. The van der Waals surface area contributed by atoms with E-state index in [0.29, 0.717) is 31.7 Å². The maximum atomic E-state index is 12.5. The molecule has 0 radical (unpaired) electrons. The number of carbonyl (C=O) groups excluding carboxylic acids is 2. The van der Waals surface area contributed by atoms with Gasteiger partial charge in [-0.3, -0.25) is 19.6 Å². The lowest BCUT2D eigenvalue weighted by molar-refractivity contribution is -0.127. The standard InChI is InChI=1S/C19H23N5O2/c1-13-4-5-17(12-22-13)24-19(26)16-7-15(10-21-11-16)18(25)23-9-14-3-2-6-20-8-14/h2-6,8,12,15-16,21H,7,9-11H2,1H3,(H,23,25)(H,24,26)/t15-,16+/m1/s1. The Labute approximate surface area is 152 Å². The molecule has 7 heteroatoms. The fourth-order valence-electron chi connectivity index (χ4n) is 2.96. The van der Waals surface area contributed by atoms with Crippen LogP contribution in [0.3, 0.4) is 0 Å². The molecule has 2 atom stereocenters. The minimum absolute atomic E-state index is 0.0455. The van der Waals surface area contributed by atoms with E-state index >= 15 is 0 Å². The third kappa shape index (κ3) is 4.86. The summed E-state index contributed by atoms with van der Waals surface area (Å²) in [6, 6.07) is 7.43. The second-order valence-corrected chi connectivity index (χ2v) is 6.54. The molecule has 1 aliphatic heterocycles. The molecule has 0 aliphatic carbocycles. The second-order valence-electron chi connectivity index (χ2n) is 6.54. The highest BCUT2D eigenvalue weighted by atomic mass is 16.2. The highest BCUT2D eigenvalue weighted by molar-refractivity contribution is 5.93. The average molecular weight is 353 g/mol. The fraction of sp³-hybridized carbons (Fsp3) is 0.368. The quantitative estimate of drug-likeness (QED) is 0.752. The number of carbonyl (C=O) groups is 2. The number of nitrogens with one attached hydrogen (secondary N) is 3. The van der Waals surface area contributed by atoms with Gasteiger partial charge in [0.05, 0.1) is 23.7 Å². The van der Waals surface area contributed by atoms with E-state index in [1.165, 1.54) is 0 Å². The topological polar surface area (TPSA) is 96.0 Å². The van der Waals surface area contributed by atoms with Crippen LogP contribution in [0.2, 0.25) is 0 Å². The minimum atomic E-state index is -0.251. The lowest BCUT2D eigenvalue weighted by Crippen LogP contribution is -2.47. The van der Waals surface area contributed by atoms with Crippen molar-refractivity contribution in [2.24, 2.45) is 11.8 Å². The molecule has 0 bridgehead atoms. The monoisotopic (exact) mass is 353 g/mol. The van der Waals surface area contributed by atoms with Gasteiger partial charge in [-0.15, -0.1) is 0 Å². The van der Waals surface area contributed by atoms with E-state index in [9.17, 15) is 9.59 Å². The average Bonchev–Trinajstić information content (AvgIpc) is 2.69. The van der Waals surface area contributed by atoms with Crippen LogP contribution >= 0.6 is 0 Å². The van der Waals surface area contributed by atoms with Gasteiger partial charge >= 0.3 is 0 Å². The summed E-state index contributed by atoms with van der Waals surface area (Å²) in [6.45, 7) is 3.48. The first-order valence-corrected chi connectivity index (χ1v) is 8.72. The van der Waals surface area contributed by atoms with Gasteiger partial charge in [0.1, 0.15) is 0 Å². The molecule has 3 N–H and O–H groups in total. The molecule has 0 unspecified atom stereocenters. The largest absolute Gasteiger partial charge is 0.352 e. The predicted molar refractivity (Wildman–Crippen MR) is 98.2 cm³/mol. The summed E-state index contributed by atoms with van der Waals surface area (Å²) in [4.78, 5) is 33.1. The molecule has 26 heavy (non-hydrogen) atoms. The number of piperidine rings is 1. The van der Waals surface area contributed by atoms with Crippen molar-refractivity contribution < 1.29 is 9.59 Å². The Bertz CT molecular complexity index is 748. The summed E-state index contributed by atoms with van der Waals surface area (Å²) in [5, 5.41) is 8.99. The van der Waals surface area contributed by atoms with Gasteiger partial charge in [-0.05, 0) is 37.1 Å². The van der Waals surface area contributed by atoms with E-state index in [-0.39, 0.29) is 23.7 Å². The molecule has 2 amide bonds. The highest BCUT2D eigenvalue weighted by Gasteiger charge is 2.31. The molecule has 2 aromatic rings. The lowest BCUT2D eigenvalue weighted by Gasteiger charge is -2.28. The Morgan fingerprint density at radius 3 is 2.65 bits per heavy atom. The molecular formula is C19H23N5O2. The van der Waals surface area contributed by atoms with E-state index in [1.807, 2.05) is 31.2 Å². The van der Waals surface area contributed by atoms with Gasteiger partial charge in [-0.1, -0.05) is 6.07 Å². The third-order valence-electron chi connectivity index (χ3n) is 4.46. The fourth-order valence-corrected chi connectivity index (χ4v) is 2.96. The summed E-state index contributed by atoms with van der Waals surface area (Å²) in [6.07, 6.45) is 5.59. The van der Waals surface area contributed by atoms with E-state index in [0.717, 1.165) is 11.3 Å². The van der Waals surface area contributed by atoms with E-state index in [4.69, 9.17) is 0 Å². The second kappa shape index (κ2) is 8.53. The number of anilines is 1. The molecular weight excluding hydrogens is 330 g/mol. The molecule has 1 saturated heterocycles. The van der Waals surface area contributed by atoms with Crippen molar-refractivity contribution in [3.05, 3.63) is 54.1 Å². The summed E-state index contributed by atoms with van der Waals surface area (Å²) in [5.74, 6) is -0.615. The van der Waals surface area contributed by atoms with Crippen LogP contribution in [0.25, 0.3) is 0 Å². The molecule has 7 nitrogen and oxygen atoms in total.